The van der Waals surface area contributed by atoms with Crippen LogP contribution >= 0.6 is 12.6 Å². The number of carboxylic acids is 2. The van der Waals surface area contributed by atoms with Crippen LogP contribution in [0.5, 0.6) is 0 Å². The number of thiol groups is 1. The Morgan fingerprint density at radius 2 is 1.91 bits per heavy atom. The van der Waals surface area contributed by atoms with Crippen LogP contribution in [0.25, 0.3) is 0 Å². The minimum Gasteiger partial charge on any atom is -0.549 e. The van der Waals surface area contributed by atoms with Crippen LogP contribution in [0.1, 0.15) is 6.42 Å². The summed E-state index contributed by atoms with van der Waals surface area (Å²) in [5.74, 6) is -2.65. The molecule has 0 aliphatic heterocycles. The molecule has 11 heavy (non-hydrogen) atoms. The Morgan fingerprint density at radius 1 is 1.55 bits per heavy atom. The molecule has 0 aromatic heterocycles. The Hall–Kier alpha value is 1.03. The van der Waals surface area contributed by atoms with E-state index >= 15 is 0 Å². The normalized spacial score (nSPS) is 10.3. The average molecular weight is 280 g/mol. The molecule has 1 radical (unpaired) electrons. The zero-order chi connectivity index (χ0) is 7.44. The molecule has 0 aliphatic carbocycles. The van der Waals surface area contributed by atoms with E-state index in [1.165, 1.54) is 0 Å². The van der Waals surface area contributed by atoms with Crippen LogP contribution in [0.2, 0.25) is 0 Å². The number of carbonyl (C=O) groups is 2. The predicted molar refractivity (Wildman–Crippen MR) is 30.0 cm³/mol. The number of hydrogen-bond acceptors (Lipinski definition) is 4. The Kier molecular flexibility index (Phi) is 14.9. The van der Waals surface area contributed by atoms with E-state index in [4.69, 9.17) is 5.11 Å². The smallest absolute Gasteiger partial charge is 0.549 e. The van der Waals surface area contributed by atoms with Crippen molar-refractivity contribution in [3.63, 3.8) is 0 Å². The van der Waals surface area contributed by atoms with Gasteiger partial charge in [-0.3, -0.25) is 4.79 Å². The maximum atomic E-state index is 9.78. The molecule has 0 saturated heterocycles. The first-order chi connectivity index (χ1) is 4.04. The van der Waals surface area contributed by atoms with Gasteiger partial charge >= 0.3 is 35.5 Å². The van der Waals surface area contributed by atoms with Gasteiger partial charge in [-0.2, -0.15) is 12.6 Å². The molecule has 1 unspecified atom stereocenters. The van der Waals surface area contributed by atoms with E-state index < -0.39 is 23.6 Å². The van der Waals surface area contributed by atoms with E-state index in [0.29, 0.717) is 0 Å². The van der Waals surface area contributed by atoms with E-state index in [1.807, 2.05) is 0 Å². The van der Waals surface area contributed by atoms with Crippen molar-refractivity contribution in [3.8, 4) is 0 Å². The molecule has 4 nitrogen and oxygen atoms in total. The number of aliphatic carboxylic acids is 2. The zero-order valence-electron chi connectivity index (χ0n) is 5.71. The van der Waals surface area contributed by atoms with Gasteiger partial charge in [-0.25, -0.2) is 0 Å². The van der Waals surface area contributed by atoms with Gasteiger partial charge < -0.3 is 15.0 Å². The summed E-state index contributed by atoms with van der Waals surface area (Å²) in [5.41, 5.74) is 0. The van der Waals surface area contributed by atoms with Crippen LogP contribution in [0.4, 0.5) is 0 Å². The van der Waals surface area contributed by atoms with Gasteiger partial charge in [0.15, 0.2) is 0 Å². The molecular formula is C4H5AgNaO4S. The fourth-order valence-electron chi connectivity index (χ4n) is 0.249. The Balaban J connectivity index is -0.000000320. The SMILES string of the molecule is O=C(O)CC(S)C(=O)[O-].[Ag].[Na+]. The van der Waals surface area contributed by atoms with Gasteiger partial charge in [0.25, 0.3) is 0 Å². The molecule has 0 fully saturated rings. The Morgan fingerprint density at radius 3 is 2.00 bits per heavy atom. The van der Waals surface area contributed by atoms with Crippen LogP contribution in [0.15, 0.2) is 0 Å². The fraction of sp³-hybridized carbons (Fsp3) is 0.500. The second-order valence-corrected chi connectivity index (χ2v) is 2.06. The summed E-state index contributed by atoms with van der Waals surface area (Å²) in [4.78, 5) is 19.6. The van der Waals surface area contributed by atoms with Crippen LogP contribution in [-0.4, -0.2) is 22.3 Å². The molecular weight excluding hydrogens is 275 g/mol. The number of carboxylic acid groups (broad SMARTS) is 2. The fourth-order valence-corrected chi connectivity index (χ4v) is 0.405. The van der Waals surface area contributed by atoms with Crippen molar-refractivity contribution in [2.24, 2.45) is 0 Å². The van der Waals surface area contributed by atoms with E-state index in [-0.39, 0.29) is 51.9 Å². The number of hydrogen-bond donors (Lipinski definition) is 2. The summed E-state index contributed by atoms with van der Waals surface area (Å²) in [6.07, 6.45) is -0.508. The average Bonchev–Trinajstić information content (AvgIpc) is 1.63. The van der Waals surface area contributed by atoms with Crippen molar-refractivity contribution in [2.45, 2.75) is 11.7 Å². The van der Waals surface area contributed by atoms with Crippen LogP contribution in [-0.2, 0) is 32.0 Å². The summed E-state index contributed by atoms with van der Waals surface area (Å²) < 4.78 is 0. The second kappa shape index (κ2) is 9.12. The van der Waals surface area contributed by atoms with Gasteiger partial charge in [-0.15, -0.1) is 0 Å². The van der Waals surface area contributed by atoms with Crippen molar-refractivity contribution in [3.05, 3.63) is 0 Å². The van der Waals surface area contributed by atoms with Crippen LogP contribution in [0, 0.1) is 0 Å². The van der Waals surface area contributed by atoms with Crippen molar-refractivity contribution in [2.75, 3.05) is 0 Å². The Labute approximate surface area is 107 Å². The molecule has 0 rings (SSSR count). The predicted octanol–water partition coefficient (Wildman–Crippen LogP) is -4.49. The minimum atomic E-state index is -1.46. The molecule has 63 valence electrons. The molecule has 0 aliphatic rings. The van der Waals surface area contributed by atoms with E-state index in [9.17, 15) is 14.7 Å². The van der Waals surface area contributed by atoms with Gasteiger partial charge in [-0.05, 0) is 0 Å². The van der Waals surface area contributed by atoms with Crippen LogP contribution < -0.4 is 34.7 Å². The molecule has 0 amide bonds. The third kappa shape index (κ3) is 11.0. The molecule has 1 atom stereocenters. The molecule has 0 aromatic rings. The molecule has 0 aromatic carbocycles. The molecule has 0 bridgehead atoms. The van der Waals surface area contributed by atoms with Gasteiger partial charge in [0.1, 0.15) is 0 Å². The molecule has 7 heteroatoms. The topological polar surface area (TPSA) is 77.4 Å². The summed E-state index contributed by atoms with van der Waals surface area (Å²) >= 11 is 3.42. The quantitative estimate of drug-likeness (QED) is 0.403. The maximum absolute atomic E-state index is 9.78. The van der Waals surface area contributed by atoms with Crippen molar-refractivity contribution >= 4 is 24.6 Å². The van der Waals surface area contributed by atoms with E-state index in [0.717, 1.165) is 0 Å². The molecule has 0 saturated carbocycles. The monoisotopic (exact) mass is 279 g/mol. The Bertz CT molecular complexity index is 142. The van der Waals surface area contributed by atoms with Gasteiger partial charge in [-0.1, -0.05) is 0 Å². The van der Waals surface area contributed by atoms with E-state index in [2.05, 4.69) is 12.6 Å². The third-order valence-corrected chi connectivity index (χ3v) is 1.03. The zero-order valence-corrected chi connectivity index (χ0v) is 10.1. The van der Waals surface area contributed by atoms with Crippen LogP contribution in [0.3, 0.4) is 0 Å². The van der Waals surface area contributed by atoms with Crippen molar-refractivity contribution in [1.82, 2.24) is 0 Å². The minimum absolute atomic E-state index is 0. The first-order valence-electron chi connectivity index (χ1n) is 2.14. The van der Waals surface area contributed by atoms with Gasteiger partial charge in [0.2, 0.25) is 0 Å². The van der Waals surface area contributed by atoms with Gasteiger partial charge in [0, 0.05) is 22.4 Å². The van der Waals surface area contributed by atoms with E-state index in [1.54, 1.807) is 0 Å². The number of carbonyl (C=O) groups excluding carboxylic acids is 1. The largest absolute Gasteiger partial charge is 1.00 e. The number of rotatable bonds is 3. The molecule has 0 heterocycles. The third-order valence-electron chi connectivity index (χ3n) is 0.640. The summed E-state index contributed by atoms with van der Waals surface area (Å²) in [6, 6.07) is 0. The first kappa shape index (κ1) is 17.9. The van der Waals surface area contributed by atoms with Crippen molar-refractivity contribution < 1.29 is 71.7 Å². The molecule has 0 spiro atoms. The summed E-state index contributed by atoms with van der Waals surface area (Å²) in [7, 11) is 0. The van der Waals surface area contributed by atoms with Crippen molar-refractivity contribution in [1.29, 1.82) is 0 Å². The maximum Gasteiger partial charge on any atom is 1.00 e. The standard InChI is InChI=1S/C4H6O4S.Ag.Na/c5-3(6)1-2(9)4(7)8;;/h2,9H,1H2,(H,5,6)(H,7,8);;/q;;+1/p-1. The summed E-state index contributed by atoms with van der Waals surface area (Å²) in [5, 5.41) is 16.6. The summed E-state index contributed by atoms with van der Waals surface area (Å²) in [6.45, 7) is 0. The van der Waals surface area contributed by atoms with Gasteiger partial charge in [0.05, 0.1) is 17.6 Å². The molecule has 1 N–H and O–H groups in total. The first-order valence-corrected chi connectivity index (χ1v) is 2.66. The second-order valence-electron chi connectivity index (χ2n) is 1.43.